The van der Waals surface area contributed by atoms with E-state index < -0.39 is 30.0 Å². The zero-order valence-electron chi connectivity index (χ0n) is 19.5. The Hall–Kier alpha value is -3.55. The number of hydrogen-bond donors (Lipinski definition) is 0. The Bertz CT molecular complexity index is 1230. The van der Waals surface area contributed by atoms with Crippen LogP contribution in [0.2, 0.25) is 0 Å². The summed E-state index contributed by atoms with van der Waals surface area (Å²) in [6.45, 7) is 1.98. The molecule has 3 aromatic rings. The van der Waals surface area contributed by atoms with Crippen LogP contribution in [0, 0.1) is 17.6 Å². The number of halogens is 5. The van der Waals surface area contributed by atoms with Crippen molar-refractivity contribution in [1.82, 2.24) is 0 Å². The lowest BCUT2D eigenvalue weighted by Gasteiger charge is -2.18. The molecule has 2 atom stereocenters. The lowest BCUT2D eigenvalue weighted by molar-refractivity contribution is -0.274. The van der Waals surface area contributed by atoms with Gasteiger partial charge in [0.2, 0.25) is 0 Å². The molecule has 0 radical (unpaired) electrons. The first-order valence-corrected chi connectivity index (χ1v) is 11.7. The van der Waals surface area contributed by atoms with Crippen LogP contribution in [0.3, 0.4) is 0 Å². The Balaban J connectivity index is 1.62. The van der Waals surface area contributed by atoms with Gasteiger partial charge in [0.15, 0.2) is 0 Å². The molecule has 0 saturated heterocycles. The number of Topliss-reactive ketones (excluding diaryl/α,β-unsaturated/α-hetero) is 1. The van der Waals surface area contributed by atoms with Crippen molar-refractivity contribution in [2.45, 2.75) is 45.0 Å². The molecular weight excluding hydrogens is 477 g/mol. The second-order valence-electron chi connectivity index (χ2n) is 8.69. The summed E-state index contributed by atoms with van der Waals surface area (Å²) >= 11 is 0. The first-order valence-electron chi connectivity index (χ1n) is 11.7. The number of nitrogens with zero attached hydrogens (tertiary/aromatic N) is 1. The molecular formula is C28H24F5NO2. The molecule has 0 saturated carbocycles. The second kappa shape index (κ2) is 10.6. The number of aliphatic imine (C=N–C) groups is 1. The lowest BCUT2D eigenvalue weighted by atomic mass is 9.86. The monoisotopic (exact) mass is 501 g/mol. The number of ether oxygens (including phenoxy) is 1. The molecule has 0 bridgehead atoms. The first-order chi connectivity index (χ1) is 17.2. The number of alkyl halides is 3. The van der Waals surface area contributed by atoms with Gasteiger partial charge < -0.3 is 4.74 Å². The number of hydrogen-bond acceptors (Lipinski definition) is 3. The van der Waals surface area contributed by atoms with Crippen molar-refractivity contribution in [3.05, 3.63) is 89.5 Å². The van der Waals surface area contributed by atoms with E-state index in [1.807, 2.05) is 6.92 Å². The van der Waals surface area contributed by atoms with Crippen molar-refractivity contribution in [2.75, 3.05) is 0 Å². The van der Waals surface area contributed by atoms with Crippen LogP contribution in [0.1, 0.15) is 49.8 Å². The number of rotatable bonds is 8. The molecule has 0 amide bonds. The van der Waals surface area contributed by atoms with E-state index in [1.165, 1.54) is 42.5 Å². The highest BCUT2D eigenvalue weighted by Gasteiger charge is 2.37. The maximum Gasteiger partial charge on any atom is 0.573 e. The number of carbonyl (C=O) groups is 1. The summed E-state index contributed by atoms with van der Waals surface area (Å²) < 4.78 is 70.0. The van der Waals surface area contributed by atoms with Crippen LogP contribution in [-0.4, -0.2) is 17.9 Å². The van der Waals surface area contributed by atoms with Crippen molar-refractivity contribution < 1.29 is 31.5 Å². The molecule has 0 fully saturated rings. The SMILES string of the molecule is CCCCC(=O)[C@H]1CC(c2c(F)cccc2F)=N[C@H]1c1ccc(-c2ccc(OC(F)(F)F)cc2)cc1. The van der Waals surface area contributed by atoms with E-state index in [0.29, 0.717) is 12.0 Å². The summed E-state index contributed by atoms with van der Waals surface area (Å²) in [5, 5.41) is 0. The van der Waals surface area contributed by atoms with E-state index in [2.05, 4.69) is 9.73 Å². The van der Waals surface area contributed by atoms with E-state index in [4.69, 9.17) is 0 Å². The lowest BCUT2D eigenvalue weighted by Crippen LogP contribution is -2.19. The minimum absolute atomic E-state index is 0.00155. The fourth-order valence-corrected chi connectivity index (χ4v) is 4.43. The molecule has 0 aromatic heterocycles. The summed E-state index contributed by atoms with van der Waals surface area (Å²) in [6.07, 6.45) is -2.68. The molecule has 4 rings (SSSR count). The zero-order chi connectivity index (χ0) is 25.9. The van der Waals surface area contributed by atoms with Crippen molar-refractivity contribution in [1.29, 1.82) is 0 Å². The quantitative estimate of drug-likeness (QED) is 0.295. The van der Waals surface area contributed by atoms with Gasteiger partial charge in [-0.05, 0) is 47.4 Å². The summed E-state index contributed by atoms with van der Waals surface area (Å²) in [5.74, 6) is -2.29. The number of unbranched alkanes of at least 4 members (excludes halogenated alkanes) is 1. The van der Waals surface area contributed by atoms with Gasteiger partial charge >= 0.3 is 6.36 Å². The number of carbonyl (C=O) groups excluding carboxylic acids is 1. The van der Waals surface area contributed by atoms with Crippen molar-refractivity contribution in [2.24, 2.45) is 10.9 Å². The smallest absolute Gasteiger partial charge is 0.406 e. The Kier molecular flexibility index (Phi) is 7.52. The van der Waals surface area contributed by atoms with Crippen molar-refractivity contribution in [3.63, 3.8) is 0 Å². The third-order valence-corrected chi connectivity index (χ3v) is 6.20. The highest BCUT2D eigenvalue weighted by atomic mass is 19.4. The molecule has 3 aromatic carbocycles. The normalized spacial score (nSPS) is 17.7. The molecule has 36 heavy (non-hydrogen) atoms. The zero-order valence-corrected chi connectivity index (χ0v) is 19.5. The predicted molar refractivity (Wildman–Crippen MR) is 127 cm³/mol. The van der Waals surface area contributed by atoms with Gasteiger partial charge in [0.1, 0.15) is 23.2 Å². The third-order valence-electron chi connectivity index (χ3n) is 6.20. The largest absolute Gasteiger partial charge is 0.573 e. The summed E-state index contributed by atoms with van der Waals surface area (Å²) in [4.78, 5) is 17.6. The first kappa shape index (κ1) is 25.5. The number of ketones is 1. The van der Waals surface area contributed by atoms with E-state index in [9.17, 15) is 26.7 Å². The van der Waals surface area contributed by atoms with Crippen LogP contribution < -0.4 is 4.74 Å². The van der Waals surface area contributed by atoms with Gasteiger partial charge in [-0.2, -0.15) is 0 Å². The van der Waals surface area contributed by atoms with Gasteiger partial charge in [0.05, 0.1) is 11.6 Å². The highest BCUT2D eigenvalue weighted by Crippen LogP contribution is 2.39. The predicted octanol–water partition coefficient (Wildman–Crippen LogP) is 7.84. The van der Waals surface area contributed by atoms with Crippen molar-refractivity contribution in [3.8, 4) is 16.9 Å². The molecule has 0 N–H and O–H groups in total. The number of benzene rings is 3. The maximum atomic E-state index is 14.4. The van der Waals surface area contributed by atoms with Gasteiger partial charge in [-0.3, -0.25) is 9.79 Å². The molecule has 8 heteroatoms. The van der Waals surface area contributed by atoms with Gasteiger partial charge in [-0.25, -0.2) is 8.78 Å². The van der Waals surface area contributed by atoms with Crippen LogP contribution in [0.4, 0.5) is 22.0 Å². The molecule has 1 aliphatic rings. The van der Waals surface area contributed by atoms with Crippen LogP contribution >= 0.6 is 0 Å². The molecule has 0 aliphatic carbocycles. The van der Waals surface area contributed by atoms with Gasteiger partial charge in [-0.1, -0.05) is 55.8 Å². The van der Waals surface area contributed by atoms with Crippen molar-refractivity contribution >= 4 is 11.5 Å². The van der Waals surface area contributed by atoms with E-state index >= 15 is 0 Å². The summed E-state index contributed by atoms with van der Waals surface area (Å²) in [7, 11) is 0. The van der Waals surface area contributed by atoms with Crippen LogP contribution in [0.5, 0.6) is 5.75 Å². The molecule has 0 spiro atoms. The highest BCUT2D eigenvalue weighted by molar-refractivity contribution is 6.05. The summed E-state index contributed by atoms with van der Waals surface area (Å²) in [5.41, 5.74) is 2.17. The summed E-state index contributed by atoms with van der Waals surface area (Å²) in [6, 6.07) is 15.6. The standard InChI is InChI=1S/C28H24F5NO2/c1-2-3-7-25(35)21-16-24(26-22(29)5-4-6-23(26)30)34-27(21)19-10-8-17(9-11-19)18-12-14-20(15-13-18)36-28(31,32)33/h4-6,8-15,21,27H,2-3,7,16H2,1H3/t21-,27+/m1/s1. The van der Waals surface area contributed by atoms with E-state index in [-0.39, 0.29) is 29.2 Å². The topological polar surface area (TPSA) is 38.7 Å². The molecule has 1 aliphatic heterocycles. The molecule has 3 nitrogen and oxygen atoms in total. The minimum Gasteiger partial charge on any atom is -0.406 e. The molecule has 1 heterocycles. The minimum atomic E-state index is -4.76. The average molecular weight is 501 g/mol. The molecule has 188 valence electrons. The van der Waals surface area contributed by atoms with Gasteiger partial charge in [0.25, 0.3) is 0 Å². The van der Waals surface area contributed by atoms with E-state index in [0.717, 1.165) is 24.0 Å². The van der Waals surface area contributed by atoms with Gasteiger partial charge in [0, 0.05) is 24.5 Å². The van der Waals surface area contributed by atoms with Crippen LogP contribution in [0.15, 0.2) is 71.7 Å². The maximum absolute atomic E-state index is 14.4. The fraction of sp³-hybridized carbons (Fsp3) is 0.286. The fourth-order valence-electron chi connectivity index (χ4n) is 4.43. The average Bonchev–Trinajstić information content (AvgIpc) is 3.27. The molecule has 0 unspecified atom stereocenters. The van der Waals surface area contributed by atoms with Gasteiger partial charge in [-0.15, -0.1) is 13.2 Å². The Morgan fingerprint density at radius 1 is 0.944 bits per heavy atom. The third kappa shape index (κ3) is 5.80. The van der Waals surface area contributed by atoms with Crippen LogP contribution in [-0.2, 0) is 4.79 Å². The van der Waals surface area contributed by atoms with Crippen LogP contribution in [0.25, 0.3) is 11.1 Å². The Labute approximate surface area is 205 Å². The Morgan fingerprint density at radius 2 is 1.53 bits per heavy atom. The Morgan fingerprint density at radius 3 is 2.08 bits per heavy atom. The second-order valence-corrected chi connectivity index (χ2v) is 8.69. The van der Waals surface area contributed by atoms with E-state index in [1.54, 1.807) is 24.3 Å².